The van der Waals surface area contributed by atoms with Crippen LogP contribution in [0.1, 0.15) is 52.0 Å². The summed E-state index contributed by atoms with van der Waals surface area (Å²) in [5.74, 6) is 0.792. The highest BCUT2D eigenvalue weighted by atomic mass is 16.5. The van der Waals surface area contributed by atoms with Crippen LogP contribution in [-0.2, 0) is 4.79 Å². The third-order valence-electron chi connectivity index (χ3n) is 4.68. The molecule has 2 heterocycles. The molecule has 1 saturated heterocycles. The number of anilines is 1. The second kappa shape index (κ2) is 11.3. The second-order valence-corrected chi connectivity index (χ2v) is 7.42. The molecule has 1 aromatic heterocycles. The first-order chi connectivity index (χ1) is 13.9. The van der Waals surface area contributed by atoms with Gasteiger partial charge in [-0.25, -0.2) is 4.98 Å². The largest absolute Gasteiger partial charge is 0.508 e. The number of rotatable bonds is 6. The molecule has 6 heteroatoms. The number of ether oxygens (including phenoxy) is 1. The summed E-state index contributed by atoms with van der Waals surface area (Å²) in [6.07, 6.45) is 4.60. The number of nitrogens with zero attached hydrogens (tertiary/aromatic N) is 2. The van der Waals surface area contributed by atoms with Crippen molar-refractivity contribution in [1.29, 1.82) is 0 Å². The number of carbonyl (C=O) groups excluding carboxylic acids is 1. The molecule has 0 saturated carbocycles. The number of phenolic OH excluding ortho intramolecular Hbond substituents is 1. The van der Waals surface area contributed by atoms with Gasteiger partial charge in [0, 0.05) is 37.6 Å². The topological polar surface area (TPSA) is 74.7 Å². The van der Waals surface area contributed by atoms with Crippen LogP contribution in [0.5, 0.6) is 11.6 Å². The van der Waals surface area contributed by atoms with Crippen LogP contribution in [0.15, 0.2) is 42.6 Å². The minimum Gasteiger partial charge on any atom is -0.508 e. The fourth-order valence-corrected chi connectivity index (χ4v) is 3.12. The predicted molar refractivity (Wildman–Crippen MR) is 117 cm³/mol. The van der Waals surface area contributed by atoms with Crippen LogP contribution in [0.25, 0.3) is 0 Å². The van der Waals surface area contributed by atoms with E-state index in [4.69, 9.17) is 9.84 Å². The minimum absolute atomic E-state index is 0.0122. The normalized spacial score (nSPS) is 14.2. The maximum absolute atomic E-state index is 11.5. The van der Waals surface area contributed by atoms with E-state index in [1.807, 2.05) is 40.0 Å². The lowest BCUT2D eigenvalue weighted by Gasteiger charge is -2.18. The fraction of sp³-hybridized carbons (Fsp3) is 0.478. The molecule has 0 spiro atoms. The third kappa shape index (κ3) is 7.29. The van der Waals surface area contributed by atoms with Gasteiger partial charge < -0.3 is 20.1 Å². The number of nitrogens with one attached hydrogen (secondary N) is 1. The Labute approximate surface area is 173 Å². The number of hydrogen-bond donors (Lipinski definition) is 2. The van der Waals surface area contributed by atoms with Crippen LogP contribution in [-0.4, -0.2) is 41.7 Å². The number of benzene rings is 1. The summed E-state index contributed by atoms with van der Waals surface area (Å²) in [6.45, 7) is 10.7. The summed E-state index contributed by atoms with van der Waals surface area (Å²) < 4.78 is 5.58. The van der Waals surface area contributed by atoms with Gasteiger partial charge in [-0.05, 0) is 64.3 Å². The van der Waals surface area contributed by atoms with Gasteiger partial charge in [0.25, 0.3) is 0 Å². The summed E-state index contributed by atoms with van der Waals surface area (Å²) in [5, 5.41) is 11.8. The molecular formula is C23H33N3O3. The zero-order chi connectivity index (χ0) is 21.2. The van der Waals surface area contributed by atoms with Crippen LogP contribution in [0, 0.1) is 0 Å². The van der Waals surface area contributed by atoms with Gasteiger partial charge in [0.1, 0.15) is 5.75 Å². The molecule has 1 aliphatic rings. The number of aromatic hydroxyl groups is 1. The van der Waals surface area contributed by atoms with Crippen molar-refractivity contribution in [1.82, 2.24) is 10.3 Å². The SMILES string of the molecule is CC(C)Oc1cc(N2CCCC2)ccn1.CCNC(=O)C(C)c1ccc(O)cc1. The highest BCUT2D eigenvalue weighted by Crippen LogP contribution is 2.23. The highest BCUT2D eigenvalue weighted by molar-refractivity contribution is 5.83. The van der Waals surface area contributed by atoms with Gasteiger partial charge >= 0.3 is 0 Å². The van der Waals surface area contributed by atoms with Gasteiger partial charge in [-0.2, -0.15) is 0 Å². The van der Waals surface area contributed by atoms with E-state index in [9.17, 15) is 4.79 Å². The molecule has 1 amide bonds. The molecule has 29 heavy (non-hydrogen) atoms. The van der Waals surface area contributed by atoms with E-state index in [-0.39, 0.29) is 23.7 Å². The molecule has 0 bridgehead atoms. The van der Waals surface area contributed by atoms with Crippen molar-refractivity contribution < 1.29 is 14.6 Å². The number of phenols is 1. The Morgan fingerprint density at radius 1 is 1.17 bits per heavy atom. The van der Waals surface area contributed by atoms with E-state index in [1.54, 1.807) is 24.3 Å². The maximum Gasteiger partial charge on any atom is 0.227 e. The van der Waals surface area contributed by atoms with E-state index < -0.39 is 0 Å². The molecule has 2 N–H and O–H groups in total. The van der Waals surface area contributed by atoms with Crippen molar-refractivity contribution in [2.24, 2.45) is 0 Å². The Morgan fingerprint density at radius 3 is 2.41 bits per heavy atom. The molecule has 3 rings (SSSR count). The molecule has 2 aromatic rings. The molecule has 1 aliphatic heterocycles. The zero-order valence-electron chi connectivity index (χ0n) is 17.9. The molecule has 1 aromatic carbocycles. The van der Waals surface area contributed by atoms with Crippen LogP contribution in [0.3, 0.4) is 0 Å². The quantitative estimate of drug-likeness (QED) is 0.765. The smallest absolute Gasteiger partial charge is 0.227 e. The minimum atomic E-state index is -0.171. The average molecular weight is 400 g/mol. The molecule has 1 atom stereocenters. The average Bonchev–Trinajstić information content (AvgIpc) is 3.23. The van der Waals surface area contributed by atoms with E-state index in [0.29, 0.717) is 6.54 Å². The van der Waals surface area contributed by atoms with E-state index in [1.165, 1.54) is 18.5 Å². The van der Waals surface area contributed by atoms with Gasteiger partial charge in [-0.15, -0.1) is 0 Å². The summed E-state index contributed by atoms with van der Waals surface area (Å²) >= 11 is 0. The lowest BCUT2D eigenvalue weighted by atomic mass is 10.0. The Balaban J connectivity index is 0.000000208. The van der Waals surface area contributed by atoms with Gasteiger partial charge in [0.15, 0.2) is 0 Å². The summed E-state index contributed by atoms with van der Waals surface area (Å²) in [6, 6.07) is 10.8. The lowest BCUT2D eigenvalue weighted by molar-refractivity contribution is -0.122. The highest BCUT2D eigenvalue weighted by Gasteiger charge is 2.14. The van der Waals surface area contributed by atoms with E-state index in [0.717, 1.165) is 24.5 Å². The van der Waals surface area contributed by atoms with Crippen molar-refractivity contribution >= 4 is 11.6 Å². The predicted octanol–water partition coefficient (Wildman–Crippen LogP) is 4.10. The number of hydrogen-bond acceptors (Lipinski definition) is 5. The van der Waals surface area contributed by atoms with Gasteiger partial charge in [0.2, 0.25) is 11.8 Å². The molecule has 1 fully saturated rings. The summed E-state index contributed by atoms with van der Waals surface area (Å²) in [4.78, 5) is 18.0. The molecular weight excluding hydrogens is 366 g/mol. The molecule has 0 radical (unpaired) electrons. The monoisotopic (exact) mass is 399 g/mol. The Kier molecular flexibility index (Phi) is 8.77. The van der Waals surface area contributed by atoms with E-state index >= 15 is 0 Å². The molecule has 0 aliphatic carbocycles. The van der Waals surface area contributed by atoms with Gasteiger partial charge in [0.05, 0.1) is 12.0 Å². The maximum atomic E-state index is 11.5. The van der Waals surface area contributed by atoms with Crippen LogP contribution < -0.4 is 15.0 Å². The summed E-state index contributed by atoms with van der Waals surface area (Å²) in [5.41, 5.74) is 2.15. The van der Waals surface area contributed by atoms with Crippen molar-refractivity contribution in [3.63, 3.8) is 0 Å². The Bertz CT molecular complexity index is 756. The number of amides is 1. The third-order valence-corrected chi connectivity index (χ3v) is 4.68. The van der Waals surface area contributed by atoms with Gasteiger partial charge in [-0.3, -0.25) is 4.79 Å². The number of aromatic nitrogens is 1. The number of carbonyl (C=O) groups is 1. The Hall–Kier alpha value is -2.76. The first-order valence-corrected chi connectivity index (χ1v) is 10.3. The van der Waals surface area contributed by atoms with Crippen molar-refractivity contribution in [3.8, 4) is 11.6 Å². The number of pyridine rings is 1. The summed E-state index contributed by atoms with van der Waals surface area (Å²) in [7, 11) is 0. The second-order valence-electron chi connectivity index (χ2n) is 7.42. The van der Waals surface area contributed by atoms with E-state index in [2.05, 4.69) is 21.3 Å². The zero-order valence-corrected chi connectivity index (χ0v) is 17.9. The van der Waals surface area contributed by atoms with Crippen molar-refractivity contribution in [3.05, 3.63) is 48.2 Å². The first kappa shape index (κ1) is 22.5. The Morgan fingerprint density at radius 2 is 1.83 bits per heavy atom. The van der Waals surface area contributed by atoms with Crippen molar-refractivity contribution in [2.45, 2.75) is 52.6 Å². The van der Waals surface area contributed by atoms with Crippen molar-refractivity contribution in [2.75, 3.05) is 24.5 Å². The number of likely N-dealkylation sites (N-methyl/N-ethyl adjacent to an activating group) is 1. The standard InChI is InChI=1S/C12H18N2O.C11H15NO2/c1-10(2)15-12-9-11(5-6-13-12)14-7-3-4-8-14;1-3-12-11(14)8(2)9-4-6-10(13)7-5-9/h5-6,9-10H,3-4,7-8H2,1-2H3;4-8,13H,3H2,1-2H3,(H,12,14). The van der Waals surface area contributed by atoms with Crippen LogP contribution >= 0.6 is 0 Å². The fourth-order valence-electron chi connectivity index (χ4n) is 3.12. The molecule has 6 nitrogen and oxygen atoms in total. The lowest BCUT2D eigenvalue weighted by Crippen LogP contribution is -2.27. The molecule has 158 valence electrons. The van der Waals surface area contributed by atoms with Crippen LogP contribution in [0.4, 0.5) is 5.69 Å². The van der Waals surface area contributed by atoms with Crippen LogP contribution in [0.2, 0.25) is 0 Å². The van der Waals surface area contributed by atoms with Gasteiger partial charge in [-0.1, -0.05) is 12.1 Å². The molecule has 1 unspecified atom stereocenters. The first-order valence-electron chi connectivity index (χ1n) is 10.3.